The molecule has 344 valence electrons. The van der Waals surface area contributed by atoms with Crippen LogP contribution in [0.1, 0.15) is 107 Å². The first-order valence-corrected chi connectivity index (χ1v) is 21.4. The zero-order chi connectivity index (χ0) is 45.9. The molecule has 1 heterocycles. The summed E-state index contributed by atoms with van der Waals surface area (Å²) in [7, 11) is 4.27. The molecule has 4 N–H and O–H groups in total. The van der Waals surface area contributed by atoms with Gasteiger partial charge in [0, 0.05) is 40.8 Å². The Kier molecular flexibility index (Phi) is 24.2. The van der Waals surface area contributed by atoms with Crippen molar-refractivity contribution in [1.29, 1.82) is 0 Å². The number of rotatable bonds is 26. The summed E-state index contributed by atoms with van der Waals surface area (Å²) in [5.74, 6) is -4.03. The lowest BCUT2D eigenvalue weighted by Crippen LogP contribution is -2.58. The molecule has 0 bridgehead atoms. The van der Waals surface area contributed by atoms with Crippen molar-refractivity contribution in [2.45, 2.75) is 149 Å². The topological polar surface area (TPSA) is 227 Å². The third-order valence-electron chi connectivity index (χ3n) is 10.5. The van der Waals surface area contributed by atoms with Crippen molar-refractivity contribution in [1.82, 2.24) is 35.1 Å². The largest absolute Gasteiger partial charge is 0.393 e. The molecule has 1 saturated heterocycles. The van der Waals surface area contributed by atoms with Crippen LogP contribution >= 0.6 is 0 Å². The first-order valence-electron chi connectivity index (χ1n) is 21.4. The minimum absolute atomic E-state index is 0.0737. The molecule has 1 aliphatic heterocycles. The molecule has 60 heavy (non-hydrogen) atoms. The Morgan fingerprint density at radius 2 is 1.28 bits per heavy atom. The number of ether oxygens (including phenoxy) is 1. The lowest BCUT2D eigenvalue weighted by atomic mass is 10.0. The molecular weight excluding hydrogens is 778 g/mol. The van der Waals surface area contributed by atoms with Crippen LogP contribution in [-0.2, 0) is 43.1 Å². The molecule has 0 spiro atoms. The minimum atomic E-state index is -1.35. The second-order valence-corrected chi connectivity index (χ2v) is 17.1. The Labute approximate surface area is 357 Å². The fourth-order valence-corrected chi connectivity index (χ4v) is 6.81. The lowest BCUT2D eigenvalue weighted by molar-refractivity contribution is -0.147. The zero-order valence-electron chi connectivity index (χ0n) is 38.0. The predicted molar refractivity (Wildman–Crippen MR) is 225 cm³/mol. The molecule has 0 radical (unpaired) electrons. The molecule has 1 fully saturated rings. The van der Waals surface area contributed by atoms with E-state index in [0.717, 1.165) is 24.2 Å². The molecule has 0 saturated carbocycles. The Hall–Kier alpha value is -4.16. The van der Waals surface area contributed by atoms with E-state index in [2.05, 4.69) is 10.6 Å². The Morgan fingerprint density at radius 3 is 1.80 bits per heavy atom. The van der Waals surface area contributed by atoms with Crippen molar-refractivity contribution < 1.29 is 53.3 Å². The number of nitrogens with one attached hydrogen (secondary N) is 2. The second-order valence-electron chi connectivity index (χ2n) is 17.1. The molecule has 0 aromatic heterocycles. The predicted octanol–water partition coefficient (Wildman–Crippen LogP) is 0.558. The van der Waals surface area contributed by atoms with Crippen LogP contribution in [0.15, 0.2) is 0 Å². The van der Waals surface area contributed by atoms with Gasteiger partial charge in [0.05, 0.1) is 50.8 Å². The molecule has 18 heteroatoms. The first kappa shape index (κ1) is 53.9. The highest BCUT2D eigenvalue weighted by Crippen LogP contribution is 2.17. The molecule has 7 amide bonds. The number of hydrogen-bond donors (Lipinski definition) is 4. The van der Waals surface area contributed by atoms with Crippen molar-refractivity contribution in [2.75, 3.05) is 60.5 Å². The Balaban J connectivity index is 3.36. The van der Waals surface area contributed by atoms with Gasteiger partial charge in [-0.15, -0.1) is 0 Å². The number of aliphatic hydroxyl groups is 2. The third-order valence-corrected chi connectivity index (χ3v) is 10.5. The second kappa shape index (κ2) is 26.9. The van der Waals surface area contributed by atoms with Gasteiger partial charge in [-0.3, -0.25) is 33.6 Å². The van der Waals surface area contributed by atoms with E-state index in [1.54, 1.807) is 4.90 Å². The maximum atomic E-state index is 14.1. The van der Waals surface area contributed by atoms with E-state index in [9.17, 15) is 48.6 Å². The van der Waals surface area contributed by atoms with Crippen LogP contribution in [0.3, 0.4) is 0 Å². The van der Waals surface area contributed by atoms with Crippen molar-refractivity contribution >= 4 is 47.6 Å². The Bertz CT molecular complexity index is 1420. The summed E-state index contributed by atoms with van der Waals surface area (Å²) in [6.45, 7) is 14.2. The Morgan fingerprint density at radius 1 is 0.700 bits per heavy atom. The van der Waals surface area contributed by atoms with Crippen molar-refractivity contribution in [3.8, 4) is 0 Å². The third kappa shape index (κ3) is 18.2. The van der Waals surface area contributed by atoms with Crippen molar-refractivity contribution in [3.05, 3.63) is 0 Å². The minimum Gasteiger partial charge on any atom is -0.393 e. The number of aldehydes is 1. The number of likely N-dealkylation sites (N-methyl/N-ethyl adjacent to an activating group) is 3. The molecule has 7 atom stereocenters. The summed E-state index contributed by atoms with van der Waals surface area (Å²) >= 11 is 0. The fraction of sp³-hybridized carbons (Fsp3) is 0.810. The number of piperidine rings is 1. The van der Waals surface area contributed by atoms with Gasteiger partial charge in [0.25, 0.3) is 0 Å². The van der Waals surface area contributed by atoms with Crippen molar-refractivity contribution in [3.63, 3.8) is 0 Å². The standard InChI is InChI=1S/C42H75N7O11/c1-12-16-49(37(54)21-29(6)51)23-38(55)47(11)35(20-28(4)5)40(57)43-33(42(59)48-17-14-13-15-18-48)22-36(53)45(9)31(8)39(56)44-34(26-60-25-30(7)52)41(58)46(10)32(24-50)19-27(2)3/h24,27-35,51-52H,12-23,25-26H2,1-11H3,(H,43,57)(H,44,56)/t29?,30?,31-,32-,33?,34-,35-/m0/s1. The fourth-order valence-electron chi connectivity index (χ4n) is 6.81. The smallest absolute Gasteiger partial charge is 0.247 e. The highest BCUT2D eigenvalue weighted by atomic mass is 16.5. The van der Waals surface area contributed by atoms with Gasteiger partial charge in [-0.05, 0) is 71.1 Å². The summed E-state index contributed by atoms with van der Waals surface area (Å²) in [4.78, 5) is 114. The van der Waals surface area contributed by atoms with E-state index in [1.807, 2.05) is 34.6 Å². The van der Waals surface area contributed by atoms with E-state index >= 15 is 0 Å². The van der Waals surface area contributed by atoms with Crippen LogP contribution in [0.2, 0.25) is 0 Å². The summed E-state index contributed by atoms with van der Waals surface area (Å²) in [6.07, 6.45) is 1.80. The van der Waals surface area contributed by atoms with Gasteiger partial charge < -0.3 is 54.9 Å². The average Bonchev–Trinajstić information content (AvgIpc) is 3.18. The van der Waals surface area contributed by atoms with Crippen LogP contribution < -0.4 is 10.6 Å². The number of likely N-dealkylation sites (tertiary alicyclic amines) is 1. The van der Waals surface area contributed by atoms with Crippen LogP contribution in [-0.4, -0.2) is 185 Å². The molecule has 0 aliphatic carbocycles. The molecular formula is C42H75N7O11. The molecule has 3 unspecified atom stereocenters. The molecule has 0 aromatic rings. The number of nitrogens with zero attached hydrogens (tertiary/aromatic N) is 5. The van der Waals surface area contributed by atoms with Crippen molar-refractivity contribution in [2.24, 2.45) is 11.8 Å². The SMILES string of the molecule is CCCN(CC(=O)N(C)[C@@H](CC(C)C)C(=O)NC(CC(=O)N(C)[C@@H](C)C(=O)N[C@@H](COCC(C)O)C(=O)N(C)[C@H](C=O)CC(C)C)C(=O)N1CCCCC1)C(=O)CC(C)O. The molecule has 1 aliphatic rings. The normalized spacial score (nSPS) is 16.4. The van der Waals surface area contributed by atoms with Gasteiger partial charge in [-0.25, -0.2) is 0 Å². The van der Waals surface area contributed by atoms with Crippen LogP contribution in [0.5, 0.6) is 0 Å². The van der Waals surface area contributed by atoms with Crippen LogP contribution in [0.4, 0.5) is 0 Å². The highest BCUT2D eigenvalue weighted by Gasteiger charge is 2.37. The number of carbonyl (C=O) groups excluding carboxylic acids is 8. The van der Waals surface area contributed by atoms with E-state index in [4.69, 9.17) is 4.74 Å². The zero-order valence-corrected chi connectivity index (χ0v) is 38.0. The van der Waals surface area contributed by atoms with Gasteiger partial charge in [0.2, 0.25) is 41.4 Å². The average molecular weight is 854 g/mol. The number of hydrogen-bond acceptors (Lipinski definition) is 11. The van der Waals surface area contributed by atoms with Gasteiger partial charge in [0.15, 0.2) is 0 Å². The number of aliphatic hydroxyl groups excluding tert-OH is 2. The summed E-state index contributed by atoms with van der Waals surface area (Å²) in [6, 6.07) is -5.61. The van der Waals surface area contributed by atoms with Crippen LogP contribution in [0, 0.1) is 11.8 Å². The summed E-state index contributed by atoms with van der Waals surface area (Å²) < 4.78 is 5.50. The summed E-state index contributed by atoms with van der Waals surface area (Å²) in [5.41, 5.74) is 0. The maximum absolute atomic E-state index is 14.1. The van der Waals surface area contributed by atoms with Crippen LogP contribution in [0.25, 0.3) is 0 Å². The van der Waals surface area contributed by atoms with Gasteiger partial charge in [-0.1, -0.05) is 34.6 Å². The monoisotopic (exact) mass is 854 g/mol. The highest BCUT2D eigenvalue weighted by molar-refractivity contribution is 5.97. The molecule has 1 rings (SSSR count). The van der Waals surface area contributed by atoms with E-state index in [-0.39, 0.29) is 51.0 Å². The van der Waals surface area contributed by atoms with E-state index < -0.39 is 90.2 Å². The van der Waals surface area contributed by atoms with E-state index in [1.165, 1.54) is 56.6 Å². The van der Waals surface area contributed by atoms with E-state index in [0.29, 0.717) is 32.2 Å². The number of amides is 7. The summed E-state index contributed by atoms with van der Waals surface area (Å²) in [5, 5.41) is 24.9. The quantitative estimate of drug-likeness (QED) is 0.0880. The number of carbonyl (C=O) groups is 8. The first-order chi connectivity index (χ1) is 28.0. The molecule has 0 aromatic carbocycles. The maximum Gasteiger partial charge on any atom is 0.247 e. The lowest BCUT2D eigenvalue weighted by Gasteiger charge is -2.35. The van der Waals surface area contributed by atoms with Gasteiger partial charge in [-0.2, -0.15) is 0 Å². The van der Waals surface area contributed by atoms with Gasteiger partial charge >= 0.3 is 0 Å². The molecule has 18 nitrogen and oxygen atoms in total. The van der Waals surface area contributed by atoms with Gasteiger partial charge in [0.1, 0.15) is 30.5 Å².